The first-order valence-electron chi connectivity index (χ1n) is 6.29. The van der Waals surface area contributed by atoms with Crippen LogP contribution in [0.1, 0.15) is 23.0 Å². The molecule has 2 N–H and O–H groups in total. The van der Waals surface area contributed by atoms with Gasteiger partial charge in [0, 0.05) is 24.3 Å². The lowest BCUT2D eigenvalue weighted by atomic mass is 10.1. The van der Waals surface area contributed by atoms with E-state index in [1.807, 2.05) is 36.4 Å². The number of rotatable bonds is 6. The summed E-state index contributed by atoms with van der Waals surface area (Å²) in [6.07, 6.45) is 1.66. The summed E-state index contributed by atoms with van der Waals surface area (Å²) in [7, 11) is 0. The molecule has 0 saturated heterocycles. The summed E-state index contributed by atoms with van der Waals surface area (Å²) >= 11 is 0. The Labute approximate surface area is 112 Å². The van der Waals surface area contributed by atoms with Gasteiger partial charge in [-0.3, -0.25) is 4.79 Å². The first-order valence-corrected chi connectivity index (χ1v) is 6.29. The zero-order chi connectivity index (χ0) is 13.7. The van der Waals surface area contributed by atoms with E-state index in [1.165, 1.54) is 0 Å². The van der Waals surface area contributed by atoms with Crippen LogP contribution in [0.5, 0.6) is 0 Å². The van der Waals surface area contributed by atoms with Gasteiger partial charge in [0.1, 0.15) is 5.76 Å². The van der Waals surface area contributed by atoms with Crippen molar-refractivity contribution in [1.29, 1.82) is 0 Å². The van der Waals surface area contributed by atoms with Gasteiger partial charge in [-0.2, -0.15) is 0 Å². The second-order valence-electron chi connectivity index (χ2n) is 4.39. The summed E-state index contributed by atoms with van der Waals surface area (Å²) in [5, 5.41) is 0. The zero-order valence-electron chi connectivity index (χ0n) is 11.0. The smallest absolute Gasteiger partial charge is 0.159 e. The lowest BCUT2D eigenvalue weighted by Gasteiger charge is -2.23. The molecule has 2 aromatic rings. The number of carbonyl (C=O) groups excluding carboxylic acids is 1. The molecular weight excluding hydrogens is 240 g/mol. The van der Waals surface area contributed by atoms with Crippen LogP contribution in [0.15, 0.2) is 47.1 Å². The van der Waals surface area contributed by atoms with Gasteiger partial charge in [-0.1, -0.05) is 0 Å². The Kier molecular flexibility index (Phi) is 4.36. The summed E-state index contributed by atoms with van der Waals surface area (Å²) < 4.78 is 5.36. The summed E-state index contributed by atoms with van der Waals surface area (Å²) in [4.78, 5) is 13.4. The molecular formula is C15H18N2O2. The SMILES string of the molecule is CC(=O)c1ccc(N(CCN)Cc2ccco2)cc1. The lowest BCUT2D eigenvalue weighted by Crippen LogP contribution is -2.28. The number of furan rings is 1. The van der Waals surface area contributed by atoms with E-state index in [4.69, 9.17) is 10.2 Å². The zero-order valence-corrected chi connectivity index (χ0v) is 11.0. The Balaban J connectivity index is 2.16. The number of nitrogens with two attached hydrogens (primary N) is 1. The maximum absolute atomic E-state index is 11.3. The van der Waals surface area contributed by atoms with E-state index in [1.54, 1.807) is 13.2 Å². The molecule has 0 atom stereocenters. The quantitative estimate of drug-likeness (QED) is 0.808. The molecule has 1 aromatic carbocycles. The maximum atomic E-state index is 11.3. The van der Waals surface area contributed by atoms with Crippen LogP contribution in [-0.4, -0.2) is 18.9 Å². The fraction of sp³-hybridized carbons (Fsp3) is 0.267. The van der Waals surface area contributed by atoms with Crippen LogP contribution in [-0.2, 0) is 6.54 Å². The van der Waals surface area contributed by atoms with Gasteiger partial charge < -0.3 is 15.1 Å². The third-order valence-corrected chi connectivity index (χ3v) is 2.96. The number of hydrogen-bond acceptors (Lipinski definition) is 4. The first kappa shape index (κ1) is 13.4. The van der Waals surface area contributed by atoms with Crippen LogP contribution >= 0.6 is 0 Å². The summed E-state index contributed by atoms with van der Waals surface area (Å²) in [6.45, 7) is 3.54. The Morgan fingerprint density at radius 3 is 2.53 bits per heavy atom. The summed E-state index contributed by atoms with van der Waals surface area (Å²) in [5.41, 5.74) is 7.40. The van der Waals surface area contributed by atoms with Crippen LogP contribution in [0.4, 0.5) is 5.69 Å². The molecule has 2 rings (SSSR count). The molecule has 1 heterocycles. The minimum Gasteiger partial charge on any atom is -0.467 e. The van der Waals surface area contributed by atoms with Crippen molar-refractivity contribution >= 4 is 11.5 Å². The van der Waals surface area contributed by atoms with Gasteiger partial charge in [0.05, 0.1) is 12.8 Å². The average molecular weight is 258 g/mol. The van der Waals surface area contributed by atoms with Crippen molar-refractivity contribution in [1.82, 2.24) is 0 Å². The molecule has 4 nitrogen and oxygen atoms in total. The van der Waals surface area contributed by atoms with Crippen molar-refractivity contribution < 1.29 is 9.21 Å². The number of anilines is 1. The molecule has 0 aliphatic carbocycles. The molecule has 0 radical (unpaired) electrons. The minimum atomic E-state index is 0.0722. The molecule has 0 bridgehead atoms. The molecule has 0 spiro atoms. The molecule has 100 valence electrons. The van der Waals surface area contributed by atoms with Gasteiger partial charge in [0.15, 0.2) is 5.78 Å². The number of ketones is 1. The molecule has 4 heteroatoms. The molecule has 0 aliphatic heterocycles. The van der Waals surface area contributed by atoms with Crippen LogP contribution in [0.3, 0.4) is 0 Å². The van der Waals surface area contributed by atoms with E-state index in [9.17, 15) is 4.79 Å². The highest BCUT2D eigenvalue weighted by molar-refractivity contribution is 5.94. The standard InChI is InChI=1S/C15H18N2O2/c1-12(18)13-4-6-14(7-5-13)17(9-8-16)11-15-3-2-10-19-15/h2-7,10H,8-9,11,16H2,1H3. The van der Waals surface area contributed by atoms with Gasteiger partial charge in [-0.25, -0.2) is 0 Å². The van der Waals surface area contributed by atoms with Crippen LogP contribution < -0.4 is 10.6 Å². The van der Waals surface area contributed by atoms with Crippen molar-refractivity contribution in [2.75, 3.05) is 18.0 Å². The Bertz CT molecular complexity index is 518. The Morgan fingerprint density at radius 2 is 2.00 bits per heavy atom. The summed E-state index contributed by atoms with van der Waals surface area (Å²) in [6, 6.07) is 11.4. The van der Waals surface area contributed by atoms with Gasteiger partial charge in [-0.05, 0) is 43.3 Å². The van der Waals surface area contributed by atoms with Gasteiger partial charge in [0.2, 0.25) is 0 Å². The number of benzene rings is 1. The van der Waals surface area contributed by atoms with Crippen LogP contribution in [0, 0.1) is 0 Å². The van der Waals surface area contributed by atoms with E-state index in [2.05, 4.69) is 4.90 Å². The molecule has 19 heavy (non-hydrogen) atoms. The molecule has 0 fully saturated rings. The predicted molar refractivity (Wildman–Crippen MR) is 75.3 cm³/mol. The van der Waals surface area contributed by atoms with E-state index in [-0.39, 0.29) is 5.78 Å². The molecule has 0 saturated carbocycles. The van der Waals surface area contributed by atoms with Crippen LogP contribution in [0.2, 0.25) is 0 Å². The monoisotopic (exact) mass is 258 g/mol. The molecule has 1 aromatic heterocycles. The van der Waals surface area contributed by atoms with E-state index in [0.29, 0.717) is 13.1 Å². The fourth-order valence-electron chi connectivity index (χ4n) is 1.95. The van der Waals surface area contributed by atoms with Crippen molar-refractivity contribution in [3.63, 3.8) is 0 Å². The van der Waals surface area contributed by atoms with Crippen molar-refractivity contribution in [2.45, 2.75) is 13.5 Å². The molecule has 0 aliphatic rings. The highest BCUT2D eigenvalue weighted by Crippen LogP contribution is 2.18. The van der Waals surface area contributed by atoms with Crippen molar-refractivity contribution in [2.24, 2.45) is 5.73 Å². The number of Topliss-reactive ketones (excluding diaryl/α,β-unsaturated/α-hetero) is 1. The first-order chi connectivity index (χ1) is 9.20. The Morgan fingerprint density at radius 1 is 1.26 bits per heavy atom. The largest absolute Gasteiger partial charge is 0.467 e. The van der Waals surface area contributed by atoms with Gasteiger partial charge in [-0.15, -0.1) is 0 Å². The Hall–Kier alpha value is -2.07. The normalized spacial score (nSPS) is 10.4. The van der Waals surface area contributed by atoms with Crippen LogP contribution in [0.25, 0.3) is 0 Å². The van der Waals surface area contributed by atoms with Gasteiger partial charge in [0.25, 0.3) is 0 Å². The van der Waals surface area contributed by atoms with E-state index in [0.717, 1.165) is 23.6 Å². The van der Waals surface area contributed by atoms with Crippen molar-refractivity contribution in [3.8, 4) is 0 Å². The minimum absolute atomic E-state index is 0.0722. The second kappa shape index (κ2) is 6.20. The van der Waals surface area contributed by atoms with Gasteiger partial charge >= 0.3 is 0 Å². The molecule has 0 unspecified atom stereocenters. The second-order valence-corrected chi connectivity index (χ2v) is 4.39. The number of nitrogens with zero attached hydrogens (tertiary/aromatic N) is 1. The topological polar surface area (TPSA) is 59.5 Å². The molecule has 0 amide bonds. The highest BCUT2D eigenvalue weighted by atomic mass is 16.3. The third kappa shape index (κ3) is 3.45. The lowest BCUT2D eigenvalue weighted by molar-refractivity contribution is 0.101. The van der Waals surface area contributed by atoms with E-state index < -0.39 is 0 Å². The fourth-order valence-corrected chi connectivity index (χ4v) is 1.95. The third-order valence-electron chi connectivity index (χ3n) is 2.96. The maximum Gasteiger partial charge on any atom is 0.159 e. The van der Waals surface area contributed by atoms with E-state index >= 15 is 0 Å². The highest BCUT2D eigenvalue weighted by Gasteiger charge is 2.09. The average Bonchev–Trinajstić information content (AvgIpc) is 2.91. The predicted octanol–water partition coefficient (Wildman–Crippen LogP) is 2.45. The van der Waals surface area contributed by atoms with Crippen molar-refractivity contribution in [3.05, 3.63) is 54.0 Å². The number of carbonyl (C=O) groups is 1. The number of hydrogen-bond donors (Lipinski definition) is 1. The summed E-state index contributed by atoms with van der Waals surface area (Å²) in [5.74, 6) is 0.965.